The Balaban J connectivity index is 2.70. The zero-order valence-electron chi connectivity index (χ0n) is 5.31. The molecule has 0 spiro atoms. The van der Waals surface area contributed by atoms with Gasteiger partial charge in [-0.1, -0.05) is 15.9 Å². The van der Waals surface area contributed by atoms with Gasteiger partial charge in [-0.3, -0.25) is 0 Å². The van der Waals surface area contributed by atoms with E-state index in [1.54, 1.807) is 0 Å². The first kappa shape index (κ1) is 7.81. The molecule has 1 atom stereocenters. The number of nitrogens with zero attached hydrogens (tertiary/aromatic N) is 2. The van der Waals surface area contributed by atoms with E-state index in [0.717, 1.165) is 0 Å². The predicted molar refractivity (Wildman–Crippen MR) is 50.1 cm³/mol. The highest BCUT2D eigenvalue weighted by atomic mass is 127. The summed E-state index contributed by atoms with van der Waals surface area (Å²) in [4.78, 5) is 0.364. The maximum Gasteiger partial charge on any atom is 0.115 e. The van der Waals surface area contributed by atoms with Gasteiger partial charge in [0.1, 0.15) is 4.95 Å². The van der Waals surface area contributed by atoms with Crippen molar-refractivity contribution in [3.05, 3.63) is 11.8 Å². The monoisotopic (exact) mass is 302 g/mol. The molecule has 0 bridgehead atoms. The third kappa shape index (κ3) is 1.40. The van der Waals surface area contributed by atoms with Crippen molar-refractivity contribution in [3.8, 4) is 0 Å². The summed E-state index contributed by atoms with van der Waals surface area (Å²) in [7, 11) is 2.04. The van der Waals surface area contributed by atoms with Crippen molar-refractivity contribution in [2.24, 2.45) is 0 Å². The van der Waals surface area contributed by atoms with E-state index < -0.39 is 0 Å². The van der Waals surface area contributed by atoms with Crippen molar-refractivity contribution in [1.82, 2.24) is 8.23 Å². The molecule has 1 unspecified atom stereocenters. The Kier molecular flexibility index (Phi) is 2.39. The van der Waals surface area contributed by atoms with Crippen LogP contribution in [0.25, 0.3) is 0 Å². The molecule has 4 heteroatoms. The first-order chi connectivity index (χ1) is 4.13. The highest BCUT2D eigenvalue weighted by molar-refractivity contribution is 14.1. The minimum Gasteiger partial charge on any atom is -0.303 e. The number of hydrogen-bond acceptors (Lipinski definition) is 2. The van der Waals surface area contributed by atoms with Crippen molar-refractivity contribution in [1.29, 1.82) is 0 Å². The largest absolute Gasteiger partial charge is 0.303 e. The SMILES string of the molecule is CC1=CC(Br)N(I)N1C. The summed E-state index contributed by atoms with van der Waals surface area (Å²) in [5.41, 5.74) is 1.28. The van der Waals surface area contributed by atoms with E-state index in [4.69, 9.17) is 0 Å². The summed E-state index contributed by atoms with van der Waals surface area (Å²) in [5.74, 6) is 0. The zero-order valence-corrected chi connectivity index (χ0v) is 9.05. The lowest BCUT2D eigenvalue weighted by atomic mass is 10.5. The normalized spacial score (nSPS) is 29.1. The highest BCUT2D eigenvalue weighted by Gasteiger charge is 2.22. The Bertz CT molecular complexity index is 148. The number of hydrogen-bond donors (Lipinski definition) is 0. The quantitative estimate of drug-likeness (QED) is 0.293. The van der Waals surface area contributed by atoms with Crippen LogP contribution in [0.4, 0.5) is 0 Å². The van der Waals surface area contributed by atoms with Crippen molar-refractivity contribution < 1.29 is 0 Å². The van der Waals surface area contributed by atoms with E-state index in [-0.39, 0.29) is 0 Å². The Labute approximate surface area is 77.5 Å². The maximum atomic E-state index is 3.48. The van der Waals surface area contributed by atoms with E-state index in [1.165, 1.54) is 5.70 Å². The van der Waals surface area contributed by atoms with Crippen LogP contribution in [0.5, 0.6) is 0 Å². The Morgan fingerprint density at radius 2 is 2.33 bits per heavy atom. The van der Waals surface area contributed by atoms with Crippen molar-refractivity contribution >= 4 is 38.8 Å². The number of halogens is 2. The molecule has 0 aromatic carbocycles. The van der Waals surface area contributed by atoms with Crippen LogP contribution in [0.1, 0.15) is 6.92 Å². The first-order valence-corrected chi connectivity index (χ1v) is 4.52. The molecule has 52 valence electrons. The summed E-state index contributed by atoms with van der Waals surface area (Å²) in [6, 6.07) is 0. The third-order valence-electron chi connectivity index (χ3n) is 1.38. The summed E-state index contributed by atoms with van der Waals surface area (Å²) in [6.07, 6.45) is 2.16. The van der Waals surface area contributed by atoms with Gasteiger partial charge in [0, 0.05) is 35.6 Å². The van der Waals surface area contributed by atoms with Gasteiger partial charge in [0.2, 0.25) is 0 Å². The Morgan fingerprint density at radius 3 is 2.44 bits per heavy atom. The van der Waals surface area contributed by atoms with E-state index in [0.29, 0.717) is 4.95 Å². The van der Waals surface area contributed by atoms with Gasteiger partial charge in [-0.2, -0.15) is 0 Å². The fraction of sp³-hybridized carbons (Fsp3) is 0.600. The summed E-state index contributed by atoms with van der Waals surface area (Å²) < 4.78 is 2.09. The van der Waals surface area contributed by atoms with E-state index in [2.05, 4.69) is 60.0 Å². The summed E-state index contributed by atoms with van der Waals surface area (Å²) in [6.45, 7) is 2.09. The standard InChI is InChI=1S/C5H8BrIN2/c1-4-3-5(6)9(7)8(4)2/h3,5H,1-2H3. The molecule has 0 N–H and O–H groups in total. The van der Waals surface area contributed by atoms with Gasteiger partial charge in [-0.15, -0.1) is 3.22 Å². The lowest BCUT2D eigenvalue weighted by molar-refractivity contribution is 0.213. The average Bonchev–Trinajstić information content (AvgIpc) is 1.98. The zero-order chi connectivity index (χ0) is 7.02. The molecule has 1 aliphatic heterocycles. The molecule has 1 aliphatic rings. The molecule has 0 aliphatic carbocycles. The van der Waals surface area contributed by atoms with Crippen LogP contribution in [-0.2, 0) is 0 Å². The van der Waals surface area contributed by atoms with E-state index in [9.17, 15) is 0 Å². The first-order valence-electron chi connectivity index (χ1n) is 2.64. The van der Waals surface area contributed by atoms with Gasteiger partial charge in [-0.05, 0) is 13.0 Å². The van der Waals surface area contributed by atoms with Crippen molar-refractivity contribution in [2.75, 3.05) is 7.05 Å². The molecule has 2 nitrogen and oxygen atoms in total. The van der Waals surface area contributed by atoms with Crippen LogP contribution < -0.4 is 0 Å². The van der Waals surface area contributed by atoms with E-state index in [1.807, 2.05) is 7.05 Å². The van der Waals surface area contributed by atoms with Gasteiger partial charge in [0.05, 0.1) is 0 Å². The van der Waals surface area contributed by atoms with Gasteiger partial charge >= 0.3 is 0 Å². The van der Waals surface area contributed by atoms with Crippen LogP contribution in [0.2, 0.25) is 0 Å². The molecule has 1 heterocycles. The molecular weight excluding hydrogens is 295 g/mol. The fourth-order valence-corrected chi connectivity index (χ4v) is 1.84. The van der Waals surface area contributed by atoms with Crippen LogP contribution in [-0.4, -0.2) is 20.2 Å². The summed E-state index contributed by atoms with van der Waals surface area (Å²) >= 11 is 5.74. The predicted octanol–water partition coefficient (Wildman–Crippen LogP) is 2.12. The Hall–Kier alpha value is 0.710. The fourth-order valence-electron chi connectivity index (χ4n) is 0.685. The van der Waals surface area contributed by atoms with Crippen molar-refractivity contribution in [2.45, 2.75) is 11.9 Å². The molecular formula is C5H8BrIN2. The number of hydrazine groups is 1. The van der Waals surface area contributed by atoms with Crippen LogP contribution in [0, 0.1) is 0 Å². The molecule has 0 radical (unpaired) electrons. The van der Waals surface area contributed by atoms with Gasteiger partial charge in [0.25, 0.3) is 0 Å². The van der Waals surface area contributed by atoms with Crippen LogP contribution in [0.3, 0.4) is 0 Å². The number of allylic oxidation sites excluding steroid dienone is 1. The topological polar surface area (TPSA) is 6.48 Å². The van der Waals surface area contributed by atoms with Crippen molar-refractivity contribution in [3.63, 3.8) is 0 Å². The molecule has 0 amide bonds. The maximum absolute atomic E-state index is 3.48. The molecule has 0 aromatic rings. The smallest absolute Gasteiger partial charge is 0.115 e. The average molecular weight is 303 g/mol. The molecule has 0 fully saturated rings. The number of alkyl halides is 1. The number of rotatable bonds is 0. The minimum absolute atomic E-state index is 0.364. The van der Waals surface area contributed by atoms with Crippen LogP contribution in [0.15, 0.2) is 11.8 Å². The Morgan fingerprint density at radius 1 is 1.78 bits per heavy atom. The molecule has 1 rings (SSSR count). The lowest BCUT2D eigenvalue weighted by Crippen LogP contribution is -2.27. The molecule has 9 heavy (non-hydrogen) atoms. The van der Waals surface area contributed by atoms with Crippen LogP contribution >= 0.6 is 38.8 Å². The molecule has 0 saturated heterocycles. The molecule has 0 aromatic heterocycles. The molecule has 0 saturated carbocycles. The minimum atomic E-state index is 0.364. The second-order valence-electron chi connectivity index (χ2n) is 1.99. The third-order valence-corrected chi connectivity index (χ3v) is 4.04. The second kappa shape index (κ2) is 2.75. The highest BCUT2D eigenvalue weighted by Crippen LogP contribution is 2.27. The van der Waals surface area contributed by atoms with Gasteiger partial charge in [0.15, 0.2) is 0 Å². The van der Waals surface area contributed by atoms with E-state index >= 15 is 0 Å². The van der Waals surface area contributed by atoms with Gasteiger partial charge < -0.3 is 5.01 Å². The second-order valence-corrected chi connectivity index (χ2v) is 3.92. The van der Waals surface area contributed by atoms with Gasteiger partial charge in [-0.25, -0.2) is 0 Å². The lowest BCUT2D eigenvalue weighted by Gasteiger charge is -2.22. The summed E-state index contributed by atoms with van der Waals surface area (Å²) in [5, 5.41) is 2.10.